The molecule has 0 aliphatic carbocycles. The molecular weight excluding hydrogens is 346 g/mol. The average Bonchev–Trinajstić information content (AvgIpc) is 2.82. The number of guanidine groups is 1. The van der Waals surface area contributed by atoms with Crippen molar-refractivity contribution in [1.29, 1.82) is 0 Å². The van der Waals surface area contributed by atoms with Crippen LogP contribution in [0.2, 0.25) is 0 Å². The summed E-state index contributed by atoms with van der Waals surface area (Å²) in [6.45, 7) is 8.08. The Bertz CT molecular complexity index is 557. The van der Waals surface area contributed by atoms with Crippen LogP contribution in [0.1, 0.15) is 33.6 Å². The van der Waals surface area contributed by atoms with Gasteiger partial charge in [0.05, 0.1) is 5.75 Å². The maximum Gasteiger partial charge on any atom is 0.407 e. The van der Waals surface area contributed by atoms with Crippen LogP contribution in [0, 0.1) is 0 Å². The van der Waals surface area contributed by atoms with Crippen LogP contribution in [0.3, 0.4) is 0 Å². The highest BCUT2D eigenvalue weighted by Crippen LogP contribution is 2.11. The fourth-order valence-corrected chi connectivity index (χ4v) is 3.79. The second kappa shape index (κ2) is 9.81. The lowest BCUT2D eigenvalue weighted by atomic mass is 10.2. The monoisotopic (exact) mass is 377 g/mol. The van der Waals surface area contributed by atoms with Gasteiger partial charge in [0.25, 0.3) is 0 Å². The second-order valence-electron chi connectivity index (χ2n) is 6.78. The lowest BCUT2D eigenvalue weighted by Gasteiger charge is -2.19. The van der Waals surface area contributed by atoms with E-state index in [-0.39, 0.29) is 5.75 Å². The van der Waals surface area contributed by atoms with E-state index in [0.717, 1.165) is 0 Å². The van der Waals surface area contributed by atoms with Gasteiger partial charge in [-0.05, 0) is 33.6 Å². The van der Waals surface area contributed by atoms with E-state index in [1.165, 1.54) is 4.31 Å². The van der Waals surface area contributed by atoms with Crippen molar-refractivity contribution in [2.75, 3.05) is 45.5 Å². The number of rotatable bonds is 7. The molecule has 0 atom stereocenters. The number of nitrogens with zero attached hydrogens (tertiary/aromatic N) is 2. The van der Waals surface area contributed by atoms with Crippen molar-refractivity contribution in [2.45, 2.75) is 39.2 Å². The van der Waals surface area contributed by atoms with E-state index in [0.29, 0.717) is 51.5 Å². The third-order valence-corrected chi connectivity index (χ3v) is 5.35. The molecule has 0 aromatic carbocycles. The van der Waals surface area contributed by atoms with E-state index < -0.39 is 21.7 Å². The number of carbonyl (C=O) groups excluding carboxylic acids is 1. The molecule has 10 heteroatoms. The molecule has 1 aliphatic rings. The summed E-state index contributed by atoms with van der Waals surface area (Å²) in [6.07, 6.45) is 0.974. The molecule has 1 heterocycles. The molecule has 0 unspecified atom stereocenters. The SMILES string of the molecule is CN=C(NCCCNC(=O)OC(C)(C)C)NCCN1CCCS1(=O)=O. The molecule has 1 rings (SSSR count). The minimum atomic E-state index is -3.06. The molecule has 1 fully saturated rings. The third kappa shape index (κ3) is 8.92. The molecule has 1 aliphatic heterocycles. The number of aliphatic imine (C=N–C) groups is 1. The average molecular weight is 378 g/mol. The van der Waals surface area contributed by atoms with Crippen LogP contribution in [0.4, 0.5) is 4.79 Å². The maximum atomic E-state index is 11.7. The fraction of sp³-hybridized carbons (Fsp3) is 0.867. The lowest BCUT2D eigenvalue weighted by molar-refractivity contribution is 0.0527. The Labute approximate surface area is 150 Å². The first-order valence-electron chi connectivity index (χ1n) is 8.53. The van der Waals surface area contributed by atoms with Gasteiger partial charge in [0.1, 0.15) is 5.60 Å². The number of ether oxygens (including phenoxy) is 1. The highest BCUT2D eigenvalue weighted by atomic mass is 32.2. The smallest absolute Gasteiger partial charge is 0.407 e. The van der Waals surface area contributed by atoms with E-state index in [1.54, 1.807) is 7.05 Å². The van der Waals surface area contributed by atoms with Crippen LogP contribution < -0.4 is 16.0 Å². The first-order chi connectivity index (χ1) is 11.6. The predicted molar refractivity (Wildman–Crippen MR) is 98.2 cm³/mol. The number of alkyl carbamates (subject to hydrolysis) is 1. The highest BCUT2D eigenvalue weighted by Gasteiger charge is 2.27. The van der Waals surface area contributed by atoms with Crippen LogP contribution in [0.25, 0.3) is 0 Å². The Hall–Kier alpha value is -1.55. The summed E-state index contributed by atoms with van der Waals surface area (Å²) in [5, 5.41) is 8.89. The van der Waals surface area contributed by atoms with Crippen molar-refractivity contribution in [3.63, 3.8) is 0 Å². The zero-order valence-electron chi connectivity index (χ0n) is 15.6. The molecule has 1 amide bonds. The van der Waals surface area contributed by atoms with Crippen molar-refractivity contribution in [1.82, 2.24) is 20.3 Å². The molecule has 25 heavy (non-hydrogen) atoms. The summed E-state index contributed by atoms with van der Waals surface area (Å²) < 4.78 is 30.0. The molecule has 0 aromatic heterocycles. The minimum absolute atomic E-state index is 0.241. The Morgan fingerprint density at radius 2 is 1.80 bits per heavy atom. The van der Waals surface area contributed by atoms with Crippen LogP contribution in [0.15, 0.2) is 4.99 Å². The minimum Gasteiger partial charge on any atom is -0.444 e. The number of amides is 1. The van der Waals surface area contributed by atoms with Crippen LogP contribution >= 0.6 is 0 Å². The van der Waals surface area contributed by atoms with Gasteiger partial charge in [0, 0.05) is 39.8 Å². The second-order valence-corrected chi connectivity index (χ2v) is 8.87. The first kappa shape index (κ1) is 21.5. The van der Waals surface area contributed by atoms with Gasteiger partial charge in [-0.25, -0.2) is 17.5 Å². The molecule has 9 nitrogen and oxygen atoms in total. The van der Waals surface area contributed by atoms with E-state index in [2.05, 4.69) is 20.9 Å². The van der Waals surface area contributed by atoms with Gasteiger partial charge in [-0.2, -0.15) is 0 Å². The fourth-order valence-electron chi connectivity index (χ4n) is 2.26. The van der Waals surface area contributed by atoms with E-state index in [9.17, 15) is 13.2 Å². The molecule has 0 radical (unpaired) electrons. The normalized spacial score (nSPS) is 18.0. The molecule has 0 aromatic rings. The van der Waals surface area contributed by atoms with Crippen molar-refractivity contribution in [3.05, 3.63) is 0 Å². The zero-order chi connectivity index (χ0) is 18.9. The van der Waals surface area contributed by atoms with E-state index in [4.69, 9.17) is 4.74 Å². The summed E-state index contributed by atoms with van der Waals surface area (Å²) in [5.41, 5.74) is -0.503. The largest absolute Gasteiger partial charge is 0.444 e. The van der Waals surface area contributed by atoms with Crippen LogP contribution in [-0.4, -0.2) is 75.9 Å². The molecule has 0 bridgehead atoms. The number of sulfonamides is 1. The van der Waals surface area contributed by atoms with Gasteiger partial charge in [0.15, 0.2) is 5.96 Å². The van der Waals surface area contributed by atoms with E-state index in [1.807, 2.05) is 20.8 Å². The van der Waals surface area contributed by atoms with Gasteiger partial charge in [-0.1, -0.05) is 0 Å². The third-order valence-electron chi connectivity index (χ3n) is 3.39. The van der Waals surface area contributed by atoms with Crippen LogP contribution in [0.5, 0.6) is 0 Å². The lowest BCUT2D eigenvalue weighted by Crippen LogP contribution is -2.42. The summed E-state index contributed by atoms with van der Waals surface area (Å²) in [7, 11) is -1.40. The van der Waals surface area contributed by atoms with E-state index >= 15 is 0 Å². The van der Waals surface area contributed by atoms with Gasteiger partial charge in [-0.3, -0.25) is 4.99 Å². The van der Waals surface area contributed by atoms with Gasteiger partial charge >= 0.3 is 6.09 Å². The van der Waals surface area contributed by atoms with Crippen molar-refractivity contribution < 1.29 is 17.9 Å². The molecule has 146 valence electrons. The number of nitrogens with one attached hydrogen (secondary N) is 3. The van der Waals surface area contributed by atoms with Crippen molar-refractivity contribution in [2.24, 2.45) is 4.99 Å². The Balaban J connectivity index is 2.13. The number of hydrogen-bond acceptors (Lipinski definition) is 5. The number of hydrogen-bond donors (Lipinski definition) is 3. The van der Waals surface area contributed by atoms with Crippen molar-refractivity contribution in [3.8, 4) is 0 Å². The molecule has 3 N–H and O–H groups in total. The van der Waals surface area contributed by atoms with Gasteiger partial charge < -0.3 is 20.7 Å². The highest BCUT2D eigenvalue weighted by molar-refractivity contribution is 7.89. The van der Waals surface area contributed by atoms with Gasteiger partial charge in [0.2, 0.25) is 10.0 Å². The molecule has 0 saturated carbocycles. The molecular formula is C15H31N5O4S. The Kier molecular flexibility index (Phi) is 8.43. The quantitative estimate of drug-likeness (QED) is 0.330. The Morgan fingerprint density at radius 1 is 1.16 bits per heavy atom. The summed E-state index contributed by atoms with van der Waals surface area (Å²) in [5.74, 6) is 0.846. The zero-order valence-corrected chi connectivity index (χ0v) is 16.4. The first-order valence-corrected chi connectivity index (χ1v) is 10.1. The summed E-state index contributed by atoms with van der Waals surface area (Å²) in [6, 6.07) is 0. The Morgan fingerprint density at radius 3 is 2.36 bits per heavy atom. The topological polar surface area (TPSA) is 112 Å². The van der Waals surface area contributed by atoms with Crippen LogP contribution in [-0.2, 0) is 14.8 Å². The standard InChI is InChI=1S/C15H31N5O4S/c1-15(2,3)24-14(21)19-8-5-7-17-13(16-4)18-9-11-20-10-6-12-25(20,22)23/h5-12H2,1-4H3,(H,19,21)(H2,16,17,18). The van der Waals surface area contributed by atoms with Gasteiger partial charge in [-0.15, -0.1) is 0 Å². The predicted octanol–water partition coefficient (Wildman–Crippen LogP) is 0.102. The molecule has 1 saturated heterocycles. The van der Waals surface area contributed by atoms with Crippen molar-refractivity contribution >= 4 is 22.1 Å². The maximum absolute atomic E-state index is 11.7. The number of carbonyl (C=O) groups is 1. The summed E-state index contributed by atoms with van der Waals surface area (Å²) in [4.78, 5) is 15.6. The molecule has 0 spiro atoms. The summed E-state index contributed by atoms with van der Waals surface area (Å²) >= 11 is 0.